The molecule has 2 N–H and O–H groups in total. The molecule has 0 atom stereocenters. The minimum atomic E-state index is -4.85. The van der Waals surface area contributed by atoms with E-state index in [2.05, 4.69) is 23.7 Å². The number of aromatic nitrogens is 3. The Bertz CT molecular complexity index is 1570. The van der Waals surface area contributed by atoms with Crippen molar-refractivity contribution in [3.8, 4) is 5.69 Å². The van der Waals surface area contributed by atoms with E-state index in [4.69, 9.17) is 10.7 Å². The number of benzene rings is 1. The van der Waals surface area contributed by atoms with Crippen molar-refractivity contribution < 1.29 is 18.0 Å². The monoisotopic (exact) mass is 586 g/mol. The summed E-state index contributed by atoms with van der Waals surface area (Å²) in [6.07, 6.45) is -4.85. The van der Waals surface area contributed by atoms with Crippen LogP contribution >= 0.6 is 0 Å². The van der Waals surface area contributed by atoms with E-state index < -0.39 is 17.4 Å². The highest BCUT2D eigenvalue weighted by Crippen LogP contribution is 2.37. The number of aryl methyl sites for hydroxylation is 1. The summed E-state index contributed by atoms with van der Waals surface area (Å²) in [4.78, 5) is 43.3. The number of hydrogen-bond acceptors (Lipinski definition) is 8. The molecule has 2 aliphatic rings. The van der Waals surface area contributed by atoms with Crippen LogP contribution in [0.5, 0.6) is 0 Å². The van der Waals surface area contributed by atoms with E-state index in [1.54, 1.807) is 30.9 Å². The molecule has 42 heavy (non-hydrogen) atoms. The topological polar surface area (TPSA) is 104 Å². The number of nitrogen functional groups attached to an aromatic ring is 1. The van der Waals surface area contributed by atoms with Crippen molar-refractivity contribution in [3.05, 3.63) is 45.4 Å². The molecule has 0 radical (unpaired) electrons. The van der Waals surface area contributed by atoms with Gasteiger partial charge in [-0.1, -0.05) is 19.9 Å². The number of nitrogens with zero attached hydrogens (tertiary/aromatic N) is 7. The van der Waals surface area contributed by atoms with E-state index in [1.807, 2.05) is 9.80 Å². The molecular weight excluding hydrogens is 549 g/mol. The van der Waals surface area contributed by atoms with Crippen LogP contribution < -0.4 is 21.1 Å². The number of carbonyl (C=O) groups is 1. The van der Waals surface area contributed by atoms with Gasteiger partial charge in [-0.25, -0.2) is 4.98 Å². The van der Waals surface area contributed by atoms with Gasteiger partial charge >= 0.3 is 6.18 Å². The maximum atomic E-state index is 14.7. The average molecular weight is 587 g/mol. The van der Waals surface area contributed by atoms with Gasteiger partial charge in [0.25, 0.3) is 5.56 Å². The predicted octanol–water partition coefficient (Wildman–Crippen LogP) is 3.20. The predicted molar refractivity (Wildman–Crippen MR) is 157 cm³/mol. The number of hydrogen-bond donors (Lipinski definition) is 1. The van der Waals surface area contributed by atoms with Crippen LogP contribution in [0.15, 0.2) is 23.0 Å². The fraction of sp³-hybridized carbons (Fsp3) is 0.517. The van der Waals surface area contributed by atoms with Crippen molar-refractivity contribution in [1.29, 1.82) is 0 Å². The molecule has 226 valence electrons. The Hall–Kier alpha value is -3.87. The summed E-state index contributed by atoms with van der Waals surface area (Å²) in [6.45, 7) is 13.5. The molecule has 0 spiro atoms. The number of carbonyl (C=O) groups excluding carboxylic acids is 1. The Kier molecular flexibility index (Phi) is 7.82. The minimum Gasteiger partial charge on any atom is -0.398 e. The maximum Gasteiger partial charge on any atom is 0.431 e. The molecule has 2 fully saturated rings. The highest BCUT2D eigenvalue weighted by atomic mass is 19.4. The molecule has 2 saturated heterocycles. The average Bonchev–Trinajstić information content (AvgIpc) is 2.92. The second kappa shape index (κ2) is 11.1. The quantitative estimate of drug-likeness (QED) is 0.440. The van der Waals surface area contributed by atoms with Crippen LogP contribution in [0.4, 0.5) is 30.6 Å². The molecule has 13 heteroatoms. The summed E-state index contributed by atoms with van der Waals surface area (Å²) in [5.74, 6) is 0.501. The van der Waals surface area contributed by atoms with E-state index in [0.717, 1.165) is 19.2 Å². The lowest BCUT2D eigenvalue weighted by Gasteiger charge is -2.45. The number of amides is 1. The molecule has 2 aromatic heterocycles. The lowest BCUT2D eigenvalue weighted by atomic mass is 10.1. The van der Waals surface area contributed by atoms with Gasteiger partial charge in [0, 0.05) is 57.9 Å². The van der Waals surface area contributed by atoms with Crippen LogP contribution in [0.25, 0.3) is 16.6 Å². The first-order valence-corrected chi connectivity index (χ1v) is 14.3. The van der Waals surface area contributed by atoms with E-state index in [0.29, 0.717) is 67.0 Å². The molecule has 0 saturated carbocycles. The molecule has 1 aromatic carbocycles. The third-order valence-corrected chi connectivity index (χ3v) is 8.53. The van der Waals surface area contributed by atoms with Crippen molar-refractivity contribution in [2.24, 2.45) is 0 Å². The second-order valence-electron chi connectivity index (χ2n) is 11.0. The Balaban J connectivity index is 1.73. The van der Waals surface area contributed by atoms with Crippen molar-refractivity contribution in [1.82, 2.24) is 24.3 Å². The van der Waals surface area contributed by atoms with Gasteiger partial charge in [-0.3, -0.25) is 19.1 Å². The third-order valence-electron chi connectivity index (χ3n) is 8.53. The van der Waals surface area contributed by atoms with E-state index in [-0.39, 0.29) is 34.0 Å². The Labute approximate surface area is 242 Å². The Morgan fingerprint density at radius 1 is 1.05 bits per heavy atom. The van der Waals surface area contributed by atoms with Crippen molar-refractivity contribution in [2.45, 2.75) is 46.8 Å². The second-order valence-corrected chi connectivity index (χ2v) is 11.0. The largest absolute Gasteiger partial charge is 0.431 e. The molecule has 10 nitrogen and oxygen atoms in total. The number of pyridine rings is 1. The van der Waals surface area contributed by atoms with Gasteiger partial charge in [-0.05, 0) is 50.2 Å². The van der Waals surface area contributed by atoms with Crippen molar-refractivity contribution in [3.63, 3.8) is 0 Å². The number of likely N-dealkylation sites (N-methyl/N-ethyl adjacent to an activating group) is 1. The smallest absolute Gasteiger partial charge is 0.398 e. The summed E-state index contributed by atoms with van der Waals surface area (Å²) in [5, 5.41) is 0.0311. The number of rotatable bonds is 6. The first-order valence-electron chi connectivity index (χ1n) is 14.3. The Morgan fingerprint density at radius 3 is 2.26 bits per heavy atom. The third kappa shape index (κ3) is 5.14. The zero-order valence-corrected chi connectivity index (χ0v) is 24.6. The van der Waals surface area contributed by atoms with Gasteiger partial charge in [0.1, 0.15) is 17.0 Å². The fourth-order valence-electron chi connectivity index (χ4n) is 5.99. The summed E-state index contributed by atoms with van der Waals surface area (Å²) in [6, 6.07) is 4.49. The standard InChI is InChI=1S/C29H37F3N8O2/c1-6-36(7-2)20-15-39(16-20)28-34-24-21(26(35-28)38-12-10-37(11-13-38)19(5)41)14-23(29(30,31)32)40(27(24)42)25-17(3)8-9-22(33)18(25)4/h8-9,14,20H,6-7,10-13,15-16,33H2,1-5H3. The summed E-state index contributed by atoms with van der Waals surface area (Å²) in [7, 11) is 0. The van der Waals surface area contributed by atoms with E-state index in [1.165, 1.54) is 6.92 Å². The molecule has 3 aromatic rings. The number of anilines is 3. The normalized spacial score (nSPS) is 16.5. The van der Waals surface area contributed by atoms with Crippen molar-refractivity contribution >= 4 is 34.3 Å². The number of fused-ring (bicyclic) bond motifs is 1. The number of nitrogens with two attached hydrogens (primary N) is 1. The highest BCUT2D eigenvalue weighted by molar-refractivity contribution is 5.91. The zero-order chi connectivity index (χ0) is 30.5. The number of piperazine rings is 1. The zero-order valence-electron chi connectivity index (χ0n) is 24.6. The van der Waals surface area contributed by atoms with Crippen LogP contribution in [0.1, 0.15) is 37.6 Å². The van der Waals surface area contributed by atoms with Gasteiger partial charge in [-0.2, -0.15) is 18.2 Å². The summed E-state index contributed by atoms with van der Waals surface area (Å²) in [5.41, 5.74) is 5.22. The molecule has 0 bridgehead atoms. The first kappa shape index (κ1) is 29.6. The summed E-state index contributed by atoms with van der Waals surface area (Å²) >= 11 is 0. The van der Waals surface area contributed by atoms with Gasteiger partial charge in [-0.15, -0.1) is 0 Å². The SMILES string of the molecule is CCN(CC)C1CN(c2nc(N3CCN(C(C)=O)CC3)c3cc(C(F)(F)F)n(-c4c(C)ccc(N)c4C)c(=O)c3n2)C1. The lowest BCUT2D eigenvalue weighted by Crippen LogP contribution is -2.60. The Morgan fingerprint density at radius 2 is 1.69 bits per heavy atom. The van der Waals surface area contributed by atoms with E-state index >= 15 is 0 Å². The molecule has 5 rings (SSSR count). The van der Waals surface area contributed by atoms with Gasteiger partial charge in [0.15, 0.2) is 0 Å². The van der Waals surface area contributed by atoms with Crippen LogP contribution in [-0.4, -0.2) is 88.6 Å². The van der Waals surface area contributed by atoms with Gasteiger partial charge in [0.2, 0.25) is 11.9 Å². The van der Waals surface area contributed by atoms with Crippen LogP contribution in [0.3, 0.4) is 0 Å². The van der Waals surface area contributed by atoms with Crippen LogP contribution in [0, 0.1) is 13.8 Å². The lowest BCUT2D eigenvalue weighted by molar-refractivity contribution is -0.142. The maximum absolute atomic E-state index is 14.7. The highest BCUT2D eigenvalue weighted by Gasteiger charge is 2.39. The molecule has 0 aliphatic carbocycles. The fourth-order valence-corrected chi connectivity index (χ4v) is 5.99. The molecule has 1 amide bonds. The van der Waals surface area contributed by atoms with Crippen LogP contribution in [0.2, 0.25) is 0 Å². The molecule has 2 aliphatic heterocycles. The summed E-state index contributed by atoms with van der Waals surface area (Å²) < 4.78 is 44.7. The molecular formula is C29H37F3N8O2. The first-order chi connectivity index (χ1) is 19.8. The van der Waals surface area contributed by atoms with Gasteiger partial charge in [0.05, 0.1) is 11.1 Å². The van der Waals surface area contributed by atoms with Gasteiger partial charge < -0.3 is 20.4 Å². The number of halogens is 3. The van der Waals surface area contributed by atoms with Crippen LogP contribution in [-0.2, 0) is 11.0 Å². The molecule has 0 unspecified atom stereocenters. The number of alkyl halides is 3. The van der Waals surface area contributed by atoms with E-state index in [9.17, 15) is 22.8 Å². The molecule has 4 heterocycles. The minimum absolute atomic E-state index is 0.0311. The van der Waals surface area contributed by atoms with Crippen molar-refractivity contribution in [2.75, 3.05) is 67.9 Å².